The molecule has 126 valence electrons. The van der Waals surface area contributed by atoms with Crippen LogP contribution in [0.25, 0.3) is 0 Å². The van der Waals surface area contributed by atoms with Gasteiger partial charge in [0, 0.05) is 6.07 Å². The Kier molecular flexibility index (Phi) is 5.48. The third-order valence-electron chi connectivity index (χ3n) is 3.05. The van der Waals surface area contributed by atoms with Crippen molar-refractivity contribution in [3.05, 3.63) is 50.2 Å². The summed E-state index contributed by atoms with van der Waals surface area (Å²) in [4.78, 5) is 34.8. The maximum Gasteiger partial charge on any atom is 0.345 e. The Hall–Kier alpha value is -2.94. The number of esters is 1. The lowest BCUT2D eigenvalue weighted by Gasteiger charge is -2.10. The summed E-state index contributed by atoms with van der Waals surface area (Å²) in [7, 11) is 2.65. The van der Waals surface area contributed by atoms with Gasteiger partial charge in [0.25, 0.3) is 5.69 Å². The molecule has 0 atom stereocenters. The first-order valence-corrected chi connectivity index (χ1v) is 7.50. The molecule has 0 saturated heterocycles. The average Bonchev–Trinajstić information content (AvgIpc) is 3.12. The molecule has 24 heavy (non-hydrogen) atoms. The monoisotopic (exact) mass is 351 g/mol. The molecule has 1 aromatic heterocycles. The predicted molar refractivity (Wildman–Crippen MR) is 85.1 cm³/mol. The topological polar surface area (TPSA) is 105 Å². The predicted octanol–water partition coefficient (Wildman–Crippen LogP) is 2.71. The largest absolute Gasteiger partial charge is 0.493 e. The Balaban J connectivity index is 2.24. The fourth-order valence-electron chi connectivity index (χ4n) is 1.90. The van der Waals surface area contributed by atoms with E-state index in [9.17, 15) is 19.7 Å². The zero-order chi connectivity index (χ0) is 17.7. The highest BCUT2D eigenvalue weighted by molar-refractivity contribution is 7.12. The molecule has 0 bridgehead atoms. The molecule has 0 aliphatic rings. The minimum Gasteiger partial charge on any atom is -0.493 e. The van der Waals surface area contributed by atoms with Gasteiger partial charge >= 0.3 is 5.97 Å². The van der Waals surface area contributed by atoms with Gasteiger partial charge in [-0.3, -0.25) is 14.9 Å². The van der Waals surface area contributed by atoms with Gasteiger partial charge in [-0.25, -0.2) is 4.79 Å². The number of benzene rings is 1. The Labute approximate surface area is 140 Å². The van der Waals surface area contributed by atoms with Crippen LogP contribution in [0.5, 0.6) is 11.5 Å². The first-order valence-electron chi connectivity index (χ1n) is 6.62. The molecule has 0 N–H and O–H groups in total. The Morgan fingerprint density at radius 2 is 1.88 bits per heavy atom. The van der Waals surface area contributed by atoms with E-state index >= 15 is 0 Å². The minimum atomic E-state index is -0.993. The highest BCUT2D eigenvalue weighted by Crippen LogP contribution is 2.34. The van der Waals surface area contributed by atoms with Crippen LogP contribution in [0.15, 0.2) is 29.6 Å². The van der Waals surface area contributed by atoms with Crippen LogP contribution in [0.1, 0.15) is 20.0 Å². The standard InChI is InChI=1S/C15H13NO7S/c1-21-12-6-9(10(16(19)20)7-13(12)22-2)15(18)23-8-11(17)14-4-3-5-24-14/h3-7H,8H2,1-2H3. The number of hydrogen-bond donors (Lipinski definition) is 0. The van der Waals surface area contributed by atoms with Gasteiger partial charge in [0.1, 0.15) is 5.56 Å². The van der Waals surface area contributed by atoms with Crippen LogP contribution in [-0.4, -0.2) is 37.5 Å². The van der Waals surface area contributed by atoms with Gasteiger partial charge in [0.05, 0.1) is 30.1 Å². The van der Waals surface area contributed by atoms with Crippen LogP contribution in [0.2, 0.25) is 0 Å². The van der Waals surface area contributed by atoms with E-state index in [1.165, 1.54) is 25.6 Å². The lowest BCUT2D eigenvalue weighted by atomic mass is 10.1. The van der Waals surface area contributed by atoms with Crippen molar-refractivity contribution in [2.45, 2.75) is 0 Å². The first kappa shape index (κ1) is 17.4. The molecule has 8 nitrogen and oxygen atoms in total. The van der Waals surface area contributed by atoms with Crippen LogP contribution in [-0.2, 0) is 4.74 Å². The Morgan fingerprint density at radius 1 is 1.21 bits per heavy atom. The number of methoxy groups -OCH3 is 2. The number of nitro groups is 1. The third kappa shape index (κ3) is 3.69. The van der Waals surface area contributed by atoms with Crippen molar-refractivity contribution in [1.82, 2.24) is 0 Å². The summed E-state index contributed by atoms with van der Waals surface area (Å²) in [6.07, 6.45) is 0. The highest BCUT2D eigenvalue weighted by Gasteiger charge is 2.26. The van der Waals surface area contributed by atoms with Gasteiger partial charge in [-0.15, -0.1) is 11.3 Å². The molecule has 9 heteroatoms. The molecular weight excluding hydrogens is 338 g/mol. The normalized spacial score (nSPS) is 10.1. The fourth-order valence-corrected chi connectivity index (χ4v) is 2.55. The number of hydrogen-bond acceptors (Lipinski definition) is 8. The third-order valence-corrected chi connectivity index (χ3v) is 3.96. The smallest absolute Gasteiger partial charge is 0.345 e. The van der Waals surface area contributed by atoms with Crippen LogP contribution >= 0.6 is 11.3 Å². The molecule has 0 aliphatic heterocycles. The lowest BCUT2D eigenvalue weighted by Crippen LogP contribution is -2.15. The van der Waals surface area contributed by atoms with Gasteiger partial charge in [-0.1, -0.05) is 6.07 Å². The SMILES string of the molecule is COc1cc(C(=O)OCC(=O)c2cccs2)c([N+](=O)[O-])cc1OC. The molecule has 0 fully saturated rings. The zero-order valence-electron chi connectivity index (χ0n) is 12.8. The van der Waals surface area contributed by atoms with E-state index in [2.05, 4.69) is 0 Å². The van der Waals surface area contributed by atoms with Gasteiger partial charge < -0.3 is 14.2 Å². The Morgan fingerprint density at radius 3 is 2.42 bits per heavy atom. The minimum absolute atomic E-state index is 0.107. The number of carbonyl (C=O) groups is 2. The van der Waals surface area contributed by atoms with E-state index in [1.807, 2.05) is 0 Å². The summed E-state index contributed by atoms with van der Waals surface area (Å²) in [5.74, 6) is -1.14. The van der Waals surface area contributed by atoms with Crippen molar-refractivity contribution in [2.75, 3.05) is 20.8 Å². The number of nitrogens with zero attached hydrogens (tertiary/aromatic N) is 1. The summed E-state index contributed by atoms with van der Waals surface area (Å²) in [5, 5.41) is 12.9. The number of carbonyl (C=O) groups excluding carboxylic acids is 2. The van der Waals surface area contributed by atoms with Gasteiger partial charge in [-0.2, -0.15) is 0 Å². The van der Waals surface area contributed by atoms with Crippen molar-refractivity contribution < 1.29 is 28.7 Å². The number of nitro benzene ring substituents is 1. The maximum atomic E-state index is 12.1. The summed E-state index contributed by atoms with van der Waals surface area (Å²) in [6, 6.07) is 5.50. The lowest BCUT2D eigenvalue weighted by molar-refractivity contribution is -0.385. The van der Waals surface area contributed by atoms with Crippen molar-refractivity contribution in [3.63, 3.8) is 0 Å². The summed E-state index contributed by atoms with van der Waals surface area (Å²) >= 11 is 1.21. The molecule has 2 aromatic rings. The molecule has 0 amide bonds. The number of thiophene rings is 1. The zero-order valence-corrected chi connectivity index (χ0v) is 13.6. The van der Waals surface area contributed by atoms with E-state index in [0.717, 1.165) is 12.1 Å². The number of Topliss-reactive ketones (excluding diaryl/α,β-unsaturated/α-hetero) is 1. The summed E-state index contributed by atoms with van der Waals surface area (Å²) < 4.78 is 14.9. The van der Waals surface area contributed by atoms with Gasteiger partial charge in [-0.05, 0) is 11.4 Å². The molecule has 1 heterocycles. The molecule has 1 aromatic carbocycles. The van der Waals surface area contributed by atoms with Crippen LogP contribution in [0.4, 0.5) is 5.69 Å². The Bertz CT molecular complexity index is 770. The molecule has 0 radical (unpaired) electrons. The quantitative estimate of drug-likeness (QED) is 0.327. The van der Waals surface area contributed by atoms with E-state index in [-0.39, 0.29) is 22.8 Å². The summed E-state index contributed by atoms with van der Waals surface area (Å²) in [6.45, 7) is -0.509. The van der Waals surface area contributed by atoms with Crippen LogP contribution < -0.4 is 9.47 Å². The maximum absolute atomic E-state index is 12.1. The highest BCUT2D eigenvalue weighted by atomic mass is 32.1. The number of rotatable bonds is 7. The molecule has 0 spiro atoms. The van der Waals surface area contributed by atoms with Crippen molar-refractivity contribution in [3.8, 4) is 11.5 Å². The van der Waals surface area contributed by atoms with Crippen molar-refractivity contribution >= 4 is 28.8 Å². The second-order valence-electron chi connectivity index (χ2n) is 4.46. The second-order valence-corrected chi connectivity index (χ2v) is 5.41. The molecule has 0 aliphatic carbocycles. The van der Waals surface area contributed by atoms with Gasteiger partial charge in [0.2, 0.25) is 5.78 Å². The number of ether oxygens (including phenoxy) is 3. The van der Waals surface area contributed by atoms with Crippen LogP contribution in [0.3, 0.4) is 0 Å². The number of ketones is 1. The van der Waals surface area contributed by atoms with E-state index in [1.54, 1.807) is 17.5 Å². The molecule has 0 saturated carbocycles. The van der Waals surface area contributed by atoms with Gasteiger partial charge in [0.15, 0.2) is 18.1 Å². The molecule has 0 unspecified atom stereocenters. The van der Waals surface area contributed by atoms with E-state index < -0.39 is 23.2 Å². The van der Waals surface area contributed by atoms with E-state index in [4.69, 9.17) is 14.2 Å². The van der Waals surface area contributed by atoms with Crippen LogP contribution in [0, 0.1) is 10.1 Å². The van der Waals surface area contributed by atoms with Crippen molar-refractivity contribution in [2.24, 2.45) is 0 Å². The summed E-state index contributed by atoms with van der Waals surface area (Å²) in [5.41, 5.74) is -0.821. The van der Waals surface area contributed by atoms with Crippen molar-refractivity contribution in [1.29, 1.82) is 0 Å². The van der Waals surface area contributed by atoms with E-state index in [0.29, 0.717) is 4.88 Å². The first-order chi connectivity index (χ1) is 11.5. The average molecular weight is 351 g/mol. The molecular formula is C15H13NO7S. The fraction of sp³-hybridized carbons (Fsp3) is 0.200. The molecule has 2 rings (SSSR count). The second kappa shape index (κ2) is 7.55.